The van der Waals surface area contributed by atoms with Gasteiger partial charge in [0, 0.05) is 24.4 Å². The number of methoxy groups -OCH3 is 1. The van der Waals surface area contributed by atoms with Crippen LogP contribution >= 0.6 is 0 Å². The second kappa shape index (κ2) is 7.03. The van der Waals surface area contributed by atoms with Gasteiger partial charge in [0.25, 0.3) is 0 Å². The van der Waals surface area contributed by atoms with Crippen LogP contribution in [-0.4, -0.2) is 40.5 Å². The molecular formula is C14H21N5O2. The zero-order chi connectivity index (χ0) is 15.2. The highest BCUT2D eigenvalue weighted by molar-refractivity contribution is 5.64. The maximum absolute atomic E-state index is 5.93. The van der Waals surface area contributed by atoms with E-state index < -0.39 is 0 Å². The minimum Gasteiger partial charge on any atom is -0.494 e. The zero-order valence-electron chi connectivity index (χ0n) is 12.6. The second-order valence-electron chi connectivity index (χ2n) is 4.69. The summed E-state index contributed by atoms with van der Waals surface area (Å²) in [6.45, 7) is 5.13. The van der Waals surface area contributed by atoms with Crippen molar-refractivity contribution in [3.05, 3.63) is 18.2 Å². The normalized spacial score (nSPS) is 12.3. The number of hydrogen-bond donors (Lipinski definition) is 1. The van der Waals surface area contributed by atoms with Crippen LogP contribution in [-0.2, 0) is 4.74 Å². The number of aromatic nitrogens is 4. The van der Waals surface area contributed by atoms with Gasteiger partial charge in [0.15, 0.2) is 5.82 Å². The van der Waals surface area contributed by atoms with E-state index in [-0.39, 0.29) is 6.04 Å². The van der Waals surface area contributed by atoms with Crippen molar-refractivity contribution in [3.63, 3.8) is 0 Å². The van der Waals surface area contributed by atoms with Crippen molar-refractivity contribution in [1.29, 1.82) is 0 Å². The van der Waals surface area contributed by atoms with Crippen LogP contribution in [0.25, 0.3) is 11.4 Å². The van der Waals surface area contributed by atoms with Gasteiger partial charge < -0.3 is 15.2 Å². The first-order valence-electron chi connectivity index (χ1n) is 7.00. The lowest BCUT2D eigenvalue weighted by atomic mass is 10.1. The molecule has 0 radical (unpaired) electrons. The molecule has 0 saturated heterocycles. The Morgan fingerprint density at radius 1 is 1.29 bits per heavy atom. The molecule has 7 nitrogen and oxygen atoms in total. The molecule has 0 aliphatic carbocycles. The van der Waals surface area contributed by atoms with E-state index in [1.165, 1.54) is 0 Å². The van der Waals surface area contributed by atoms with Crippen LogP contribution < -0.4 is 10.5 Å². The van der Waals surface area contributed by atoms with Crippen LogP contribution in [0.4, 0.5) is 5.69 Å². The third-order valence-corrected chi connectivity index (χ3v) is 3.17. The molecule has 0 aliphatic rings. The molecule has 7 heteroatoms. The third-order valence-electron chi connectivity index (χ3n) is 3.17. The Bertz CT molecular complexity index is 584. The quantitative estimate of drug-likeness (QED) is 0.784. The van der Waals surface area contributed by atoms with Crippen LogP contribution in [0.3, 0.4) is 0 Å². The summed E-state index contributed by atoms with van der Waals surface area (Å²) in [5.74, 6) is 1.37. The number of tetrazole rings is 1. The van der Waals surface area contributed by atoms with E-state index >= 15 is 0 Å². The summed E-state index contributed by atoms with van der Waals surface area (Å²) in [5.41, 5.74) is 7.38. The van der Waals surface area contributed by atoms with E-state index in [4.69, 9.17) is 15.2 Å². The molecular weight excluding hydrogens is 270 g/mol. The fourth-order valence-electron chi connectivity index (χ4n) is 2.18. The maximum atomic E-state index is 5.93. The number of nitrogens with two attached hydrogens (primary N) is 1. The van der Waals surface area contributed by atoms with Gasteiger partial charge in [-0.05, 0) is 35.9 Å². The molecule has 0 fully saturated rings. The lowest BCUT2D eigenvalue weighted by Crippen LogP contribution is -2.16. The topological polar surface area (TPSA) is 88.1 Å². The van der Waals surface area contributed by atoms with E-state index in [0.29, 0.717) is 30.5 Å². The largest absolute Gasteiger partial charge is 0.494 e. The van der Waals surface area contributed by atoms with Crippen molar-refractivity contribution in [1.82, 2.24) is 20.2 Å². The molecule has 2 rings (SSSR count). The molecule has 1 heterocycles. The summed E-state index contributed by atoms with van der Waals surface area (Å²) in [5, 5.41) is 12.0. The highest BCUT2D eigenvalue weighted by Gasteiger charge is 2.17. The summed E-state index contributed by atoms with van der Waals surface area (Å²) < 4.78 is 12.5. The third kappa shape index (κ3) is 3.49. The van der Waals surface area contributed by atoms with Crippen molar-refractivity contribution in [3.8, 4) is 17.1 Å². The fourth-order valence-corrected chi connectivity index (χ4v) is 2.18. The van der Waals surface area contributed by atoms with Gasteiger partial charge in [-0.3, -0.25) is 0 Å². The SMILES string of the molecule is CCOc1cc(N)cc(-c2nnnn2C(CC)COC)c1. The molecule has 1 aromatic heterocycles. The summed E-state index contributed by atoms with van der Waals surface area (Å²) in [6.07, 6.45) is 0.868. The molecule has 1 unspecified atom stereocenters. The lowest BCUT2D eigenvalue weighted by Gasteiger charge is -2.16. The van der Waals surface area contributed by atoms with Crippen LogP contribution in [0.1, 0.15) is 26.3 Å². The minimum atomic E-state index is 0.0805. The Morgan fingerprint density at radius 3 is 2.76 bits per heavy atom. The Morgan fingerprint density at radius 2 is 2.10 bits per heavy atom. The van der Waals surface area contributed by atoms with Gasteiger partial charge >= 0.3 is 0 Å². The molecule has 0 amide bonds. The minimum absolute atomic E-state index is 0.0805. The number of nitrogen functional groups attached to an aromatic ring is 1. The molecule has 0 saturated carbocycles. The Kier molecular flexibility index (Phi) is 5.10. The van der Waals surface area contributed by atoms with Crippen molar-refractivity contribution >= 4 is 5.69 Å². The van der Waals surface area contributed by atoms with Crippen LogP contribution in [0.2, 0.25) is 0 Å². The van der Waals surface area contributed by atoms with E-state index in [1.807, 2.05) is 19.1 Å². The van der Waals surface area contributed by atoms with Crippen molar-refractivity contribution in [2.24, 2.45) is 0 Å². The number of rotatable bonds is 7. The number of anilines is 1. The van der Waals surface area contributed by atoms with E-state index in [1.54, 1.807) is 17.9 Å². The molecule has 1 aromatic carbocycles. The number of nitrogens with zero attached hydrogens (tertiary/aromatic N) is 4. The first-order valence-corrected chi connectivity index (χ1v) is 7.00. The number of hydrogen-bond acceptors (Lipinski definition) is 6. The van der Waals surface area contributed by atoms with Crippen LogP contribution in [0, 0.1) is 0 Å². The molecule has 21 heavy (non-hydrogen) atoms. The lowest BCUT2D eigenvalue weighted by molar-refractivity contribution is 0.147. The second-order valence-corrected chi connectivity index (χ2v) is 4.69. The van der Waals surface area contributed by atoms with Gasteiger partial charge in [0.05, 0.1) is 19.3 Å². The van der Waals surface area contributed by atoms with Gasteiger partial charge in [-0.25, -0.2) is 4.68 Å². The monoisotopic (exact) mass is 291 g/mol. The Hall–Kier alpha value is -2.15. The standard InChI is InChI=1S/C14H21N5O2/c1-4-12(9-20-3)19-14(16-17-18-19)10-6-11(15)8-13(7-10)21-5-2/h6-8,12H,4-5,9,15H2,1-3H3. The van der Waals surface area contributed by atoms with Gasteiger partial charge in [-0.15, -0.1) is 5.10 Å². The molecule has 1 atom stereocenters. The number of benzene rings is 1. The molecule has 0 bridgehead atoms. The molecule has 2 N–H and O–H groups in total. The van der Waals surface area contributed by atoms with E-state index in [0.717, 1.165) is 12.0 Å². The average Bonchev–Trinajstić information content (AvgIpc) is 2.93. The molecule has 0 spiro atoms. The highest BCUT2D eigenvalue weighted by atomic mass is 16.5. The van der Waals surface area contributed by atoms with Gasteiger partial charge in [0.2, 0.25) is 0 Å². The predicted molar refractivity (Wildman–Crippen MR) is 80.0 cm³/mol. The molecule has 0 aliphatic heterocycles. The fraction of sp³-hybridized carbons (Fsp3) is 0.500. The molecule has 114 valence electrons. The Labute approximate surface area is 124 Å². The van der Waals surface area contributed by atoms with Crippen LogP contribution in [0.15, 0.2) is 18.2 Å². The average molecular weight is 291 g/mol. The molecule has 2 aromatic rings. The number of ether oxygens (including phenoxy) is 2. The maximum Gasteiger partial charge on any atom is 0.182 e. The van der Waals surface area contributed by atoms with Crippen molar-refractivity contribution < 1.29 is 9.47 Å². The van der Waals surface area contributed by atoms with E-state index in [2.05, 4.69) is 22.4 Å². The smallest absolute Gasteiger partial charge is 0.182 e. The van der Waals surface area contributed by atoms with Gasteiger partial charge in [0.1, 0.15) is 5.75 Å². The zero-order valence-corrected chi connectivity index (χ0v) is 12.6. The van der Waals surface area contributed by atoms with Crippen molar-refractivity contribution in [2.75, 3.05) is 26.1 Å². The summed E-state index contributed by atoms with van der Waals surface area (Å²) in [7, 11) is 1.67. The first kappa shape index (κ1) is 15.2. The highest BCUT2D eigenvalue weighted by Crippen LogP contribution is 2.27. The summed E-state index contributed by atoms with van der Waals surface area (Å²) >= 11 is 0. The van der Waals surface area contributed by atoms with Gasteiger partial charge in [-0.2, -0.15) is 0 Å². The Balaban J connectivity index is 2.40. The summed E-state index contributed by atoms with van der Waals surface area (Å²) in [6, 6.07) is 5.59. The van der Waals surface area contributed by atoms with Crippen LogP contribution in [0.5, 0.6) is 5.75 Å². The first-order chi connectivity index (χ1) is 10.2. The van der Waals surface area contributed by atoms with E-state index in [9.17, 15) is 0 Å². The predicted octanol–water partition coefficient (Wildman–Crippen LogP) is 1.92. The van der Waals surface area contributed by atoms with Gasteiger partial charge in [-0.1, -0.05) is 6.92 Å². The van der Waals surface area contributed by atoms with Crippen molar-refractivity contribution in [2.45, 2.75) is 26.3 Å². The summed E-state index contributed by atoms with van der Waals surface area (Å²) in [4.78, 5) is 0.